The van der Waals surface area contributed by atoms with Crippen molar-refractivity contribution in [3.8, 4) is 0 Å². The molecule has 0 fully saturated rings. The maximum atomic E-state index is 4.33. The number of hydrogen-bond acceptors (Lipinski definition) is 5. The molecular formula is C15H23N3S2. The molecule has 2 aromatic rings. The van der Waals surface area contributed by atoms with Gasteiger partial charge in [-0.2, -0.15) is 0 Å². The molecule has 5 heteroatoms. The third kappa shape index (κ3) is 5.32. The van der Waals surface area contributed by atoms with Crippen molar-refractivity contribution in [1.29, 1.82) is 0 Å². The Hall–Kier alpha value is -0.750. The largest absolute Gasteiger partial charge is 0.312 e. The van der Waals surface area contributed by atoms with E-state index in [-0.39, 0.29) is 0 Å². The molecule has 2 rings (SSSR count). The molecule has 0 atom stereocenters. The van der Waals surface area contributed by atoms with E-state index in [1.54, 1.807) is 11.3 Å². The zero-order chi connectivity index (χ0) is 14.4. The molecule has 0 saturated heterocycles. The van der Waals surface area contributed by atoms with Crippen molar-refractivity contribution in [2.45, 2.75) is 33.5 Å². The molecule has 0 aliphatic rings. The van der Waals surface area contributed by atoms with Crippen molar-refractivity contribution in [2.24, 2.45) is 5.92 Å². The van der Waals surface area contributed by atoms with E-state index in [0.29, 0.717) is 5.92 Å². The summed E-state index contributed by atoms with van der Waals surface area (Å²) in [4.78, 5) is 9.48. The Morgan fingerprint density at radius 1 is 1.25 bits per heavy atom. The van der Waals surface area contributed by atoms with Gasteiger partial charge in [-0.15, -0.1) is 22.7 Å². The van der Waals surface area contributed by atoms with Crippen LogP contribution in [0.3, 0.4) is 0 Å². The Morgan fingerprint density at radius 2 is 2.05 bits per heavy atom. The minimum absolute atomic E-state index is 0.707. The van der Waals surface area contributed by atoms with Crippen molar-refractivity contribution >= 4 is 22.7 Å². The topological polar surface area (TPSA) is 28.2 Å². The van der Waals surface area contributed by atoms with Crippen molar-refractivity contribution in [3.63, 3.8) is 0 Å². The lowest BCUT2D eigenvalue weighted by Gasteiger charge is -2.13. The second-order valence-electron chi connectivity index (χ2n) is 5.54. The van der Waals surface area contributed by atoms with Crippen LogP contribution in [0.4, 0.5) is 0 Å². The van der Waals surface area contributed by atoms with E-state index in [1.807, 2.05) is 16.8 Å². The number of thiophene rings is 1. The minimum atomic E-state index is 0.707. The first kappa shape index (κ1) is 15.6. The molecule has 0 aromatic carbocycles. The molecule has 0 radical (unpaired) electrons. The van der Waals surface area contributed by atoms with Crippen molar-refractivity contribution in [3.05, 3.63) is 38.5 Å². The molecule has 110 valence electrons. The van der Waals surface area contributed by atoms with E-state index < -0.39 is 0 Å². The van der Waals surface area contributed by atoms with Gasteiger partial charge in [0, 0.05) is 34.8 Å². The summed E-state index contributed by atoms with van der Waals surface area (Å²) in [6, 6.07) is 4.48. The van der Waals surface area contributed by atoms with Crippen LogP contribution in [0.15, 0.2) is 23.0 Å². The zero-order valence-corrected chi connectivity index (χ0v) is 14.1. The second-order valence-corrected chi connectivity index (χ2v) is 7.52. The molecule has 3 nitrogen and oxygen atoms in total. The van der Waals surface area contributed by atoms with Crippen molar-refractivity contribution < 1.29 is 0 Å². The number of hydrogen-bond donors (Lipinski definition) is 1. The van der Waals surface area contributed by atoms with Crippen LogP contribution in [0.25, 0.3) is 0 Å². The lowest BCUT2D eigenvalue weighted by molar-refractivity contribution is 0.318. The number of thiazole rings is 1. The summed E-state index contributed by atoms with van der Waals surface area (Å²) in [5, 5.41) is 5.61. The lowest BCUT2D eigenvalue weighted by atomic mass is 10.2. The average Bonchev–Trinajstić information content (AvgIpc) is 3.01. The van der Waals surface area contributed by atoms with Gasteiger partial charge in [0.05, 0.1) is 11.2 Å². The minimum Gasteiger partial charge on any atom is -0.312 e. The summed E-state index contributed by atoms with van der Waals surface area (Å²) in [6.45, 7) is 8.45. The smallest absolute Gasteiger partial charge is 0.0795 e. The van der Waals surface area contributed by atoms with Crippen LogP contribution in [0.1, 0.15) is 29.3 Å². The van der Waals surface area contributed by atoms with E-state index in [9.17, 15) is 0 Å². The fourth-order valence-corrected chi connectivity index (χ4v) is 3.62. The van der Waals surface area contributed by atoms with Gasteiger partial charge in [-0.05, 0) is 31.6 Å². The Labute approximate surface area is 129 Å². The highest BCUT2D eigenvalue weighted by Crippen LogP contribution is 2.18. The van der Waals surface area contributed by atoms with Crippen molar-refractivity contribution in [2.75, 3.05) is 13.6 Å². The standard InChI is InChI=1S/C15H23N3S2/c1-12(2)6-16-7-14-4-5-15(20-14)9-18(3)8-13-10-19-11-17-13/h4-5,10-12,16H,6-9H2,1-3H3. The maximum absolute atomic E-state index is 4.33. The summed E-state index contributed by atoms with van der Waals surface area (Å²) < 4.78 is 0. The fourth-order valence-electron chi connectivity index (χ4n) is 2.00. The van der Waals surface area contributed by atoms with Gasteiger partial charge in [-0.3, -0.25) is 4.90 Å². The van der Waals surface area contributed by atoms with Gasteiger partial charge in [-0.1, -0.05) is 13.8 Å². The molecule has 20 heavy (non-hydrogen) atoms. The van der Waals surface area contributed by atoms with Gasteiger partial charge in [0.2, 0.25) is 0 Å². The van der Waals surface area contributed by atoms with Crippen LogP contribution in [0.5, 0.6) is 0 Å². The Bertz CT molecular complexity index is 491. The lowest BCUT2D eigenvalue weighted by Crippen LogP contribution is -2.18. The van der Waals surface area contributed by atoms with Gasteiger partial charge in [0.15, 0.2) is 0 Å². The number of nitrogens with zero attached hydrogens (tertiary/aromatic N) is 2. The average molecular weight is 310 g/mol. The van der Waals surface area contributed by atoms with Gasteiger partial charge >= 0.3 is 0 Å². The van der Waals surface area contributed by atoms with Crippen LogP contribution >= 0.6 is 22.7 Å². The Balaban J connectivity index is 1.77. The highest BCUT2D eigenvalue weighted by Gasteiger charge is 2.06. The van der Waals surface area contributed by atoms with Crippen LogP contribution < -0.4 is 5.32 Å². The first-order valence-corrected chi connectivity index (χ1v) is 8.73. The molecule has 2 heterocycles. The van der Waals surface area contributed by atoms with Crippen LogP contribution in [-0.4, -0.2) is 23.5 Å². The fraction of sp³-hybridized carbons (Fsp3) is 0.533. The predicted molar refractivity (Wildman–Crippen MR) is 88.1 cm³/mol. The normalized spacial score (nSPS) is 11.7. The molecule has 0 saturated carbocycles. The number of rotatable bonds is 8. The van der Waals surface area contributed by atoms with Gasteiger partial charge < -0.3 is 5.32 Å². The summed E-state index contributed by atoms with van der Waals surface area (Å²) in [5.74, 6) is 0.707. The second kappa shape index (κ2) is 7.88. The Kier molecular flexibility index (Phi) is 6.16. The van der Waals surface area contributed by atoms with Crippen LogP contribution in [-0.2, 0) is 19.6 Å². The molecule has 0 unspecified atom stereocenters. The maximum Gasteiger partial charge on any atom is 0.0795 e. The van der Waals surface area contributed by atoms with Crippen molar-refractivity contribution in [1.82, 2.24) is 15.2 Å². The first-order valence-electron chi connectivity index (χ1n) is 6.97. The predicted octanol–water partition coefficient (Wildman–Crippen LogP) is 3.58. The van der Waals surface area contributed by atoms with Crippen LogP contribution in [0.2, 0.25) is 0 Å². The van der Waals surface area contributed by atoms with Gasteiger partial charge in [-0.25, -0.2) is 4.98 Å². The summed E-state index contributed by atoms with van der Waals surface area (Å²) >= 11 is 3.56. The number of nitrogens with one attached hydrogen (secondary N) is 1. The summed E-state index contributed by atoms with van der Waals surface area (Å²) in [5.41, 5.74) is 3.06. The Morgan fingerprint density at radius 3 is 2.75 bits per heavy atom. The molecule has 0 amide bonds. The monoisotopic (exact) mass is 309 g/mol. The van der Waals surface area contributed by atoms with Gasteiger partial charge in [0.25, 0.3) is 0 Å². The molecular weight excluding hydrogens is 286 g/mol. The molecule has 0 bridgehead atoms. The SMILES string of the molecule is CC(C)CNCc1ccc(CN(C)Cc2cscn2)s1. The van der Waals surface area contributed by atoms with E-state index in [1.165, 1.54) is 9.75 Å². The third-order valence-corrected chi connectivity index (χ3v) is 4.62. The molecule has 1 N–H and O–H groups in total. The van der Waals surface area contributed by atoms with E-state index >= 15 is 0 Å². The molecule has 2 aromatic heterocycles. The summed E-state index contributed by atoms with van der Waals surface area (Å²) in [7, 11) is 2.15. The highest BCUT2D eigenvalue weighted by molar-refractivity contribution is 7.11. The summed E-state index contributed by atoms with van der Waals surface area (Å²) in [6.07, 6.45) is 0. The molecule has 0 spiro atoms. The van der Waals surface area contributed by atoms with E-state index in [0.717, 1.165) is 31.9 Å². The van der Waals surface area contributed by atoms with Crippen LogP contribution in [0, 0.1) is 5.92 Å². The molecule has 0 aliphatic carbocycles. The van der Waals surface area contributed by atoms with E-state index in [2.05, 4.69) is 53.6 Å². The number of aromatic nitrogens is 1. The highest BCUT2D eigenvalue weighted by atomic mass is 32.1. The van der Waals surface area contributed by atoms with Gasteiger partial charge in [0.1, 0.15) is 0 Å². The third-order valence-electron chi connectivity index (χ3n) is 2.91. The zero-order valence-electron chi connectivity index (χ0n) is 12.4. The first-order chi connectivity index (χ1) is 9.63. The van der Waals surface area contributed by atoms with E-state index in [4.69, 9.17) is 0 Å². The quantitative estimate of drug-likeness (QED) is 0.808. The molecule has 0 aliphatic heterocycles.